The van der Waals surface area contributed by atoms with Gasteiger partial charge in [0.05, 0.1) is 5.69 Å². The van der Waals surface area contributed by atoms with Crippen LogP contribution in [0.3, 0.4) is 0 Å². The minimum Gasteiger partial charge on any atom is -0.343 e. The number of hydrogen-bond donors (Lipinski definition) is 1. The number of anilines is 1. The monoisotopic (exact) mass is 278 g/mol. The second kappa shape index (κ2) is 5.65. The molecule has 1 N–H and O–H groups in total. The average Bonchev–Trinajstić information content (AvgIpc) is 2.42. The van der Waals surface area contributed by atoms with Gasteiger partial charge in [-0.3, -0.25) is 14.5 Å². The molecule has 0 aliphatic carbocycles. The van der Waals surface area contributed by atoms with Gasteiger partial charge in [0.25, 0.3) is 0 Å². The molecule has 0 bridgehead atoms. The van der Waals surface area contributed by atoms with Crippen LogP contribution in [0.4, 0.5) is 5.69 Å². The number of amides is 2. The summed E-state index contributed by atoms with van der Waals surface area (Å²) in [6.07, 6.45) is 2.57. The van der Waals surface area contributed by atoms with Crippen molar-refractivity contribution in [3.63, 3.8) is 0 Å². The zero-order valence-corrected chi connectivity index (χ0v) is 12.2. The van der Waals surface area contributed by atoms with Gasteiger partial charge in [-0.2, -0.15) is 0 Å². The van der Waals surface area contributed by atoms with Gasteiger partial charge in [-0.05, 0) is 31.7 Å². The number of nitrogens with one attached hydrogen (secondary N) is 1. The molecule has 0 saturated carbocycles. The van der Waals surface area contributed by atoms with Crippen LogP contribution >= 0.6 is 11.8 Å². The summed E-state index contributed by atoms with van der Waals surface area (Å²) in [5.41, 5.74) is 0.827. The molecule has 2 atom stereocenters. The molecule has 1 aromatic rings. The maximum Gasteiger partial charge on any atom is 0.250 e. The first kappa shape index (κ1) is 13.9. The van der Waals surface area contributed by atoms with Crippen molar-refractivity contribution in [1.29, 1.82) is 0 Å². The Morgan fingerprint density at radius 2 is 2.00 bits per heavy atom. The number of benzene rings is 1. The summed E-state index contributed by atoms with van der Waals surface area (Å²) in [4.78, 5) is 27.1. The van der Waals surface area contributed by atoms with Crippen molar-refractivity contribution in [2.24, 2.45) is 0 Å². The minimum atomic E-state index is -0.467. The molecular formula is C14H18N2O2S. The molecule has 0 radical (unpaired) electrons. The third kappa shape index (κ3) is 2.47. The molecule has 1 aromatic carbocycles. The summed E-state index contributed by atoms with van der Waals surface area (Å²) in [6.45, 7) is 3.64. The van der Waals surface area contributed by atoms with Crippen molar-refractivity contribution in [1.82, 2.24) is 5.32 Å². The van der Waals surface area contributed by atoms with E-state index in [1.165, 1.54) is 0 Å². The molecule has 1 aliphatic heterocycles. The van der Waals surface area contributed by atoms with Gasteiger partial charge in [0.15, 0.2) is 0 Å². The molecule has 1 fully saturated rings. The topological polar surface area (TPSA) is 49.4 Å². The molecule has 19 heavy (non-hydrogen) atoms. The smallest absolute Gasteiger partial charge is 0.250 e. The van der Waals surface area contributed by atoms with Gasteiger partial charge < -0.3 is 5.32 Å². The maximum absolute atomic E-state index is 12.4. The lowest BCUT2D eigenvalue weighted by Crippen LogP contribution is -2.62. The molecule has 1 saturated heterocycles. The zero-order valence-electron chi connectivity index (χ0n) is 11.3. The van der Waals surface area contributed by atoms with Crippen LogP contribution in [-0.2, 0) is 9.59 Å². The number of carbonyl (C=O) groups excluding carboxylic acids is 2. The van der Waals surface area contributed by atoms with E-state index in [2.05, 4.69) is 5.32 Å². The van der Waals surface area contributed by atoms with E-state index in [9.17, 15) is 9.59 Å². The summed E-state index contributed by atoms with van der Waals surface area (Å²) in [7, 11) is 0. The lowest BCUT2D eigenvalue weighted by atomic mass is 10.0. The van der Waals surface area contributed by atoms with Crippen LogP contribution in [0, 0.1) is 0 Å². The first-order valence-electron chi connectivity index (χ1n) is 6.36. The Morgan fingerprint density at radius 3 is 2.63 bits per heavy atom. The van der Waals surface area contributed by atoms with E-state index >= 15 is 0 Å². The Hall–Kier alpha value is -1.49. The van der Waals surface area contributed by atoms with Gasteiger partial charge >= 0.3 is 0 Å². The highest BCUT2D eigenvalue weighted by Gasteiger charge is 2.39. The lowest BCUT2D eigenvalue weighted by molar-refractivity contribution is -0.133. The molecule has 2 rings (SSSR count). The molecule has 102 valence electrons. The van der Waals surface area contributed by atoms with E-state index in [1.54, 1.807) is 23.6 Å². The Kier molecular flexibility index (Phi) is 4.14. The molecule has 0 aromatic heterocycles. The van der Waals surface area contributed by atoms with Crippen LogP contribution in [-0.4, -0.2) is 30.2 Å². The van der Waals surface area contributed by atoms with Crippen molar-refractivity contribution in [3.8, 4) is 0 Å². The van der Waals surface area contributed by atoms with Crippen LogP contribution in [0.1, 0.15) is 20.3 Å². The Labute approximate surface area is 117 Å². The summed E-state index contributed by atoms with van der Waals surface area (Å²) in [6, 6.07) is 6.82. The van der Waals surface area contributed by atoms with Crippen molar-refractivity contribution in [2.45, 2.75) is 37.2 Å². The Morgan fingerprint density at radius 1 is 1.32 bits per heavy atom. The van der Waals surface area contributed by atoms with Crippen molar-refractivity contribution in [3.05, 3.63) is 24.3 Å². The summed E-state index contributed by atoms with van der Waals surface area (Å²) < 4.78 is 0. The SMILES string of the molecule is CCC1C(=O)NC(C)C(=O)N1c1ccccc1SC. The average molecular weight is 278 g/mol. The third-order valence-corrected chi connectivity index (χ3v) is 4.10. The number of para-hydroxylation sites is 1. The fourth-order valence-electron chi connectivity index (χ4n) is 2.33. The highest BCUT2D eigenvalue weighted by Crippen LogP contribution is 2.32. The number of thioether (sulfide) groups is 1. The number of hydrogen-bond acceptors (Lipinski definition) is 3. The van der Waals surface area contributed by atoms with Crippen LogP contribution in [0.2, 0.25) is 0 Å². The van der Waals surface area contributed by atoms with E-state index in [4.69, 9.17) is 0 Å². The van der Waals surface area contributed by atoms with Gasteiger partial charge in [0.1, 0.15) is 12.1 Å². The standard InChI is InChI=1S/C14H18N2O2S/c1-4-10-13(17)15-9(2)14(18)16(10)11-7-5-6-8-12(11)19-3/h5-10H,4H2,1-3H3,(H,15,17). The van der Waals surface area contributed by atoms with E-state index in [1.807, 2.05) is 37.4 Å². The zero-order chi connectivity index (χ0) is 14.0. The molecule has 5 heteroatoms. The number of carbonyl (C=O) groups is 2. The first-order chi connectivity index (χ1) is 9.10. The Bertz CT molecular complexity index is 504. The van der Waals surface area contributed by atoms with Crippen LogP contribution < -0.4 is 10.2 Å². The predicted octanol–water partition coefficient (Wildman–Crippen LogP) is 2.04. The molecule has 2 amide bonds. The van der Waals surface area contributed by atoms with Gasteiger partial charge in [-0.25, -0.2) is 0 Å². The summed E-state index contributed by atoms with van der Waals surface area (Å²) in [5.74, 6) is -0.126. The summed E-state index contributed by atoms with van der Waals surface area (Å²) in [5, 5.41) is 2.73. The predicted molar refractivity (Wildman–Crippen MR) is 77.4 cm³/mol. The Balaban J connectivity index is 2.48. The second-order valence-electron chi connectivity index (χ2n) is 4.53. The van der Waals surface area contributed by atoms with E-state index in [0.717, 1.165) is 10.6 Å². The lowest BCUT2D eigenvalue weighted by Gasteiger charge is -2.38. The second-order valence-corrected chi connectivity index (χ2v) is 5.38. The van der Waals surface area contributed by atoms with E-state index in [0.29, 0.717) is 6.42 Å². The van der Waals surface area contributed by atoms with Gasteiger partial charge in [-0.15, -0.1) is 11.8 Å². The number of rotatable bonds is 3. The minimum absolute atomic E-state index is 0.0482. The molecule has 0 spiro atoms. The van der Waals surface area contributed by atoms with Crippen molar-refractivity contribution in [2.75, 3.05) is 11.2 Å². The largest absolute Gasteiger partial charge is 0.343 e. The van der Waals surface area contributed by atoms with Gasteiger partial charge in [0.2, 0.25) is 11.8 Å². The highest BCUT2D eigenvalue weighted by molar-refractivity contribution is 7.98. The van der Waals surface area contributed by atoms with Crippen molar-refractivity contribution < 1.29 is 9.59 Å². The summed E-state index contributed by atoms with van der Waals surface area (Å²) >= 11 is 1.58. The van der Waals surface area contributed by atoms with E-state index < -0.39 is 12.1 Å². The van der Waals surface area contributed by atoms with Crippen LogP contribution in [0.5, 0.6) is 0 Å². The van der Waals surface area contributed by atoms with E-state index in [-0.39, 0.29) is 11.8 Å². The van der Waals surface area contributed by atoms with Gasteiger partial charge in [-0.1, -0.05) is 19.1 Å². The number of nitrogens with zero attached hydrogens (tertiary/aromatic N) is 1. The first-order valence-corrected chi connectivity index (χ1v) is 7.59. The van der Waals surface area contributed by atoms with Crippen LogP contribution in [0.15, 0.2) is 29.2 Å². The molecule has 2 unspecified atom stereocenters. The number of piperazine rings is 1. The van der Waals surface area contributed by atoms with Crippen LogP contribution in [0.25, 0.3) is 0 Å². The molecule has 4 nitrogen and oxygen atoms in total. The van der Waals surface area contributed by atoms with Gasteiger partial charge in [0, 0.05) is 4.90 Å². The third-order valence-electron chi connectivity index (χ3n) is 3.31. The fraction of sp³-hybridized carbons (Fsp3) is 0.429. The molecular weight excluding hydrogens is 260 g/mol. The maximum atomic E-state index is 12.4. The fourth-order valence-corrected chi connectivity index (χ4v) is 2.92. The highest BCUT2D eigenvalue weighted by atomic mass is 32.2. The van der Waals surface area contributed by atoms with Crippen molar-refractivity contribution >= 4 is 29.3 Å². The normalized spacial score (nSPS) is 23.4. The molecule has 1 heterocycles. The quantitative estimate of drug-likeness (QED) is 0.861. The molecule has 1 aliphatic rings.